The molecule has 2 aromatic rings. The van der Waals surface area contributed by atoms with Crippen LogP contribution in [-0.2, 0) is 20.2 Å². The first-order chi connectivity index (χ1) is 12.3. The van der Waals surface area contributed by atoms with E-state index in [1.165, 1.54) is 9.87 Å². The zero-order valence-electron chi connectivity index (χ0n) is 14.9. The van der Waals surface area contributed by atoms with Gasteiger partial charge < -0.3 is 4.90 Å². The van der Waals surface area contributed by atoms with Gasteiger partial charge in [0.25, 0.3) is 0 Å². The van der Waals surface area contributed by atoms with E-state index in [1.807, 2.05) is 23.1 Å². The molecule has 0 saturated carbocycles. The van der Waals surface area contributed by atoms with Crippen LogP contribution in [0.25, 0.3) is 0 Å². The highest BCUT2D eigenvalue weighted by atomic mass is 32.2. The van der Waals surface area contributed by atoms with Crippen molar-refractivity contribution in [2.75, 3.05) is 19.6 Å². The number of fused-ring (bicyclic) bond motifs is 3. The number of hydrogen-bond acceptors (Lipinski definition) is 3. The fraction of sp³-hybridized carbons (Fsp3) is 0.350. The van der Waals surface area contributed by atoms with Gasteiger partial charge in [0.1, 0.15) is 0 Å². The molecule has 0 radical (unpaired) electrons. The van der Waals surface area contributed by atoms with Crippen LogP contribution >= 0.6 is 0 Å². The fourth-order valence-electron chi connectivity index (χ4n) is 4.08. The maximum absolute atomic E-state index is 13.0. The molecule has 1 saturated heterocycles. The van der Waals surface area contributed by atoms with Crippen LogP contribution in [0.4, 0.5) is 0 Å². The van der Waals surface area contributed by atoms with Crippen molar-refractivity contribution in [1.82, 2.24) is 9.21 Å². The predicted octanol–water partition coefficient (Wildman–Crippen LogP) is 2.55. The summed E-state index contributed by atoms with van der Waals surface area (Å²) in [5, 5.41) is 0. The maximum Gasteiger partial charge on any atom is 0.243 e. The van der Waals surface area contributed by atoms with E-state index in [9.17, 15) is 13.2 Å². The minimum absolute atomic E-state index is 0.105. The Kier molecular flexibility index (Phi) is 3.93. The van der Waals surface area contributed by atoms with Gasteiger partial charge in [-0.05, 0) is 23.3 Å². The highest BCUT2D eigenvalue weighted by molar-refractivity contribution is 7.89. The SMILES string of the molecule is CC1(C)CN2C(=O)CN(S(=O)(=O)c3ccccc3)CC2c2ccccc21. The number of carbonyl (C=O) groups excluding carboxylic acids is 1. The number of nitrogens with zero attached hydrogens (tertiary/aromatic N) is 2. The molecule has 26 heavy (non-hydrogen) atoms. The molecule has 2 aliphatic heterocycles. The molecule has 0 aromatic heterocycles. The van der Waals surface area contributed by atoms with Gasteiger partial charge in [-0.2, -0.15) is 4.31 Å². The number of sulfonamides is 1. The Morgan fingerprint density at radius 1 is 1.00 bits per heavy atom. The average molecular weight is 370 g/mol. The molecule has 1 fully saturated rings. The Labute approximate surface area is 154 Å². The normalized spacial score (nSPS) is 22.6. The van der Waals surface area contributed by atoms with Gasteiger partial charge in [-0.15, -0.1) is 0 Å². The maximum atomic E-state index is 13.0. The summed E-state index contributed by atoms with van der Waals surface area (Å²) in [6.45, 7) is 5.04. The first-order valence-electron chi connectivity index (χ1n) is 8.75. The van der Waals surface area contributed by atoms with Crippen molar-refractivity contribution < 1.29 is 13.2 Å². The molecule has 0 spiro atoms. The molecule has 2 heterocycles. The lowest BCUT2D eigenvalue weighted by Crippen LogP contribution is -2.58. The van der Waals surface area contributed by atoms with E-state index in [0.717, 1.165) is 5.56 Å². The van der Waals surface area contributed by atoms with Gasteiger partial charge in [0.05, 0.1) is 17.5 Å². The highest BCUT2D eigenvalue weighted by Gasteiger charge is 2.45. The standard InChI is InChI=1S/C20H22N2O3S/c1-20(2)14-22-18(16-10-6-7-11-17(16)20)12-21(13-19(22)23)26(24,25)15-8-4-3-5-9-15/h3-11,18H,12-14H2,1-2H3. The summed E-state index contributed by atoms with van der Waals surface area (Å²) in [4.78, 5) is 14.9. The Hall–Kier alpha value is -2.18. The molecule has 0 N–H and O–H groups in total. The van der Waals surface area contributed by atoms with Gasteiger partial charge >= 0.3 is 0 Å². The molecular formula is C20H22N2O3S. The Bertz CT molecular complexity index is 954. The number of benzene rings is 2. The molecule has 136 valence electrons. The summed E-state index contributed by atoms with van der Waals surface area (Å²) in [6, 6.07) is 16.1. The van der Waals surface area contributed by atoms with Crippen LogP contribution < -0.4 is 0 Å². The third-order valence-electron chi connectivity index (χ3n) is 5.38. The van der Waals surface area contributed by atoms with Crippen molar-refractivity contribution in [3.05, 3.63) is 65.7 Å². The number of rotatable bonds is 2. The lowest BCUT2D eigenvalue weighted by atomic mass is 9.75. The van der Waals surface area contributed by atoms with E-state index >= 15 is 0 Å². The van der Waals surface area contributed by atoms with Gasteiger partial charge in [0.2, 0.25) is 15.9 Å². The van der Waals surface area contributed by atoms with Crippen molar-refractivity contribution in [2.24, 2.45) is 0 Å². The first kappa shape index (κ1) is 17.2. The van der Waals surface area contributed by atoms with E-state index in [-0.39, 0.29) is 35.3 Å². The van der Waals surface area contributed by atoms with Gasteiger partial charge in [0, 0.05) is 18.5 Å². The number of amides is 1. The zero-order valence-corrected chi connectivity index (χ0v) is 15.7. The van der Waals surface area contributed by atoms with Crippen LogP contribution in [0.1, 0.15) is 31.0 Å². The molecule has 1 unspecified atom stereocenters. The van der Waals surface area contributed by atoms with Gasteiger partial charge in [-0.25, -0.2) is 8.42 Å². The number of carbonyl (C=O) groups is 1. The van der Waals surface area contributed by atoms with Crippen LogP contribution in [-0.4, -0.2) is 43.2 Å². The monoisotopic (exact) mass is 370 g/mol. The highest BCUT2D eigenvalue weighted by Crippen LogP contribution is 2.42. The Balaban J connectivity index is 1.75. The van der Waals surface area contributed by atoms with E-state index in [0.29, 0.717) is 6.54 Å². The smallest absolute Gasteiger partial charge is 0.243 e. The molecule has 1 amide bonds. The molecule has 6 heteroatoms. The third kappa shape index (κ3) is 2.64. The second-order valence-electron chi connectivity index (χ2n) is 7.62. The largest absolute Gasteiger partial charge is 0.332 e. The van der Waals surface area contributed by atoms with E-state index in [2.05, 4.69) is 19.9 Å². The molecule has 2 aliphatic rings. The molecule has 2 aromatic carbocycles. The van der Waals surface area contributed by atoms with Crippen molar-refractivity contribution in [1.29, 1.82) is 0 Å². The van der Waals surface area contributed by atoms with Crippen LogP contribution in [0, 0.1) is 0 Å². The molecule has 5 nitrogen and oxygen atoms in total. The Morgan fingerprint density at radius 2 is 1.65 bits per heavy atom. The van der Waals surface area contributed by atoms with Crippen molar-refractivity contribution >= 4 is 15.9 Å². The molecule has 0 bridgehead atoms. The average Bonchev–Trinajstić information content (AvgIpc) is 2.63. The van der Waals surface area contributed by atoms with Crippen molar-refractivity contribution in [2.45, 2.75) is 30.2 Å². The summed E-state index contributed by atoms with van der Waals surface area (Å²) in [5.74, 6) is -0.136. The zero-order chi connectivity index (χ0) is 18.5. The number of hydrogen-bond donors (Lipinski definition) is 0. The summed E-state index contributed by atoms with van der Waals surface area (Å²) in [5.41, 5.74) is 2.08. The summed E-state index contributed by atoms with van der Waals surface area (Å²) < 4.78 is 27.3. The lowest BCUT2D eigenvalue weighted by Gasteiger charge is -2.49. The minimum atomic E-state index is -3.69. The van der Waals surface area contributed by atoms with E-state index < -0.39 is 10.0 Å². The summed E-state index contributed by atoms with van der Waals surface area (Å²) >= 11 is 0. The lowest BCUT2D eigenvalue weighted by molar-refractivity contribution is -0.139. The number of piperazine rings is 1. The quantitative estimate of drug-likeness (QED) is 0.816. The van der Waals surface area contributed by atoms with E-state index in [4.69, 9.17) is 0 Å². The van der Waals surface area contributed by atoms with Crippen LogP contribution in [0.3, 0.4) is 0 Å². The van der Waals surface area contributed by atoms with Gasteiger partial charge in [-0.3, -0.25) is 4.79 Å². The van der Waals surface area contributed by atoms with Crippen molar-refractivity contribution in [3.63, 3.8) is 0 Å². The first-order valence-corrected chi connectivity index (χ1v) is 10.2. The van der Waals surface area contributed by atoms with E-state index in [1.54, 1.807) is 30.3 Å². The molecule has 4 rings (SSSR count). The second-order valence-corrected chi connectivity index (χ2v) is 9.56. The summed E-state index contributed by atoms with van der Waals surface area (Å²) in [7, 11) is -3.69. The fourth-order valence-corrected chi connectivity index (χ4v) is 5.49. The van der Waals surface area contributed by atoms with Crippen molar-refractivity contribution in [3.8, 4) is 0 Å². The van der Waals surface area contributed by atoms with Crippen LogP contribution in [0.5, 0.6) is 0 Å². The minimum Gasteiger partial charge on any atom is -0.332 e. The topological polar surface area (TPSA) is 57.7 Å². The van der Waals surface area contributed by atoms with Gasteiger partial charge in [0.15, 0.2) is 0 Å². The van der Waals surface area contributed by atoms with Crippen LogP contribution in [0.2, 0.25) is 0 Å². The van der Waals surface area contributed by atoms with Crippen LogP contribution in [0.15, 0.2) is 59.5 Å². The van der Waals surface area contributed by atoms with Gasteiger partial charge in [-0.1, -0.05) is 56.3 Å². The summed E-state index contributed by atoms with van der Waals surface area (Å²) in [6.07, 6.45) is 0. The second kappa shape index (κ2) is 5.93. The molecule has 0 aliphatic carbocycles. The predicted molar refractivity (Wildman–Crippen MR) is 99.1 cm³/mol. The third-order valence-corrected chi connectivity index (χ3v) is 7.21. The Morgan fingerprint density at radius 3 is 2.38 bits per heavy atom. The molecular weight excluding hydrogens is 348 g/mol. The molecule has 1 atom stereocenters.